The minimum atomic E-state index is -0.847. The van der Waals surface area contributed by atoms with Gasteiger partial charge in [-0.25, -0.2) is 0 Å². The van der Waals surface area contributed by atoms with Gasteiger partial charge in [0, 0.05) is 19.1 Å². The number of nitrogens with two attached hydrogens (primary N) is 1. The lowest BCUT2D eigenvalue weighted by atomic mass is 9.92. The van der Waals surface area contributed by atoms with Crippen molar-refractivity contribution in [3.05, 3.63) is 0 Å². The van der Waals surface area contributed by atoms with Crippen molar-refractivity contribution in [2.24, 2.45) is 11.7 Å². The quantitative estimate of drug-likeness (QED) is 0.737. The first-order chi connectivity index (χ1) is 8.47. The molecule has 2 aliphatic rings. The highest BCUT2D eigenvalue weighted by atomic mass is 16.5. The number of rotatable bonds is 4. The van der Waals surface area contributed by atoms with E-state index in [1.165, 1.54) is 7.11 Å². The zero-order valence-corrected chi connectivity index (χ0v) is 11.5. The molecule has 2 rings (SSSR count). The van der Waals surface area contributed by atoms with Crippen LogP contribution in [0.25, 0.3) is 0 Å². The number of hydrogen-bond acceptors (Lipinski definition) is 5. The fourth-order valence-electron chi connectivity index (χ4n) is 2.68. The lowest BCUT2D eigenvalue weighted by molar-refractivity contribution is -0.150. The molecule has 0 bridgehead atoms. The second-order valence-electron chi connectivity index (χ2n) is 5.73. The highest BCUT2D eigenvalue weighted by molar-refractivity contribution is 5.81. The molecule has 0 aromatic heterocycles. The Kier molecular flexibility index (Phi) is 3.94. The van der Waals surface area contributed by atoms with Crippen molar-refractivity contribution in [2.45, 2.75) is 44.4 Å². The number of hydrogen-bond donors (Lipinski definition) is 1. The number of esters is 1. The molecule has 5 heteroatoms. The molecule has 104 valence electrons. The van der Waals surface area contributed by atoms with Gasteiger partial charge in [0.25, 0.3) is 0 Å². The van der Waals surface area contributed by atoms with Crippen molar-refractivity contribution in [1.29, 1.82) is 0 Å². The summed E-state index contributed by atoms with van der Waals surface area (Å²) in [5, 5.41) is 0. The average molecular weight is 256 g/mol. The smallest absolute Gasteiger partial charge is 0.327 e. The second-order valence-corrected chi connectivity index (χ2v) is 5.73. The average Bonchev–Trinajstić information content (AvgIpc) is 3.17. The molecule has 1 heterocycles. The number of ether oxygens (including phenoxy) is 2. The first-order valence-corrected chi connectivity index (χ1v) is 6.70. The van der Waals surface area contributed by atoms with Crippen LogP contribution < -0.4 is 5.73 Å². The van der Waals surface area contributed by atoms with Crippen LogP contribution in [0.1, 0.15) is 26.7 Å². The fraction of sp³-hybridized carbons (Fsp3) is 0.923. The van der Waals surface area contributed by atoms with Crippen LogP contribution in [0.3, 0.4) is 0 Å². The molecule has 3 atom stereocenters. The second kappa shape index (κ2) is 5.15. The van der Waals surface area contributed by atoms with Crippen LogP contribution in [-0.2, 0) is 14.3 Å². The van der Waals surface area contributed by atoms with Gasteiger partial charge in [-0.2, -0.15) is 0 Å². The molecule has 0 amide bonds. The van der Waals surface area contributed by atoms with Gasteiger partial charge in [-0.3, -0.25) is 9.69 Å². The third-order valence-electron chi connectivity index (χ3n) is 4.07. The first kappa shape index (κ1) is 13.8. The SMILES string of the molecule is COC(=O)C(N)(CN1CC(C)OCC1C)C1CC1. The molecule has 0 aromatic carbocycles. The van der Waals surface area contributed by atoms with Gasteiger partial charge in [0.05, 0.1) is 19.8 Å². The van der Waals surface area contributed by atoms with Crippen molar-refractivity contribution in [2.75, 3.05) is 26.8 Å². The van der Waals surface area contributed by atoms with Crippen molar-refractivity contribution >= 4 is 5.97 Å². The van der Waals surface area contributed by atoms with Gasteiger partial charge in [-0.15, -0.1) is 0 Å². The summed E-state index contributed by atoms with van der Waals surface area (Å²) >= 11 is 0. The molecule has 1 aliphatic heterocycles. The lowest BCUT2D eigenvalue weighted by Gasteiger charge is -2.41. The highest BCUT2D eigenvalue weighted by Gasteiger charge is 2.50. The van der Waals surface area contributed by atoms with E-state index in [1.807, 2.05) is 6.92 Å². The molecule has 5 nitrogen and oxygen atoms in total. The molecule has 1 saturated heterocycles. The summed E-state index contributed by atoms with van der Waals surface area (Å²) < 4.78 is 10.5. The van der Waals surface area contributed by atoms with Gasteiger partial charge in [-0.1, -0.05) is 0 Å². The van der Waals surface area contributed by atoms with E-state index in [4.69, 9.17) is 15.2 Å². The Morgan fingerprint density at radius 1 is 1.50 bits per heavy atom. The van der Waals surface area contributed by atoms with Gasteiger partial charge in [-0.05, 0) is 32.6 Å². The predicted octanol–water partition coefficient (Wildman–Crippen LogP) is 0.376. The van der Waals surface area contributed by atoms with Gasteiger partial charge in [0.15, 0.2) is 0 Å². The van der Waals surface area contributed by atoms with Crippen LogP contribution in [0.15, 0.2) is 0 Å². The molecule has 2 N–H and O–H groups in total. The van der Waals surface area contributed by atoms with Crippen LogP contribution in [0.4, 0.5) is 0 Å². The predicted molar refractivity (Wildman–Crippen MR) is 68.1 cm³/mol. The van der Waals surface area contributed by atoms with Crippen molar-refractivity contribution in [3.8, 4) is 0 Å². The number of morpholine rings is 1. The minimum absolute atomic E-state index is 0.197. The summed E-state index contributed by atoms with van der Waals surface area (Å²) in [5.41, 5.74) is 5.49. The van der Waals surface area contributed by atoms with E-state index in [9.17, 15) is 4.79 Å². The minimum Gasteiger partial charge on any atom is -0.468 e. The third-order valence-corrected chi connectivity index (χ3v) is 4.07. The number of carbonyl (C=O) groups is 1. The van der Waals surface area contributed by atoms with E-state index < -0.39 is 5.54 Å². The van der Waals surface area contributed by atoms with Crippen LogP contribution in [-0.4, -0.2) is 55.4 Å². The van der Waals surface area contributed by atoms with Crippen molar-refractivity contribution in [3.63, 3.8) is 0 Å². The van der Waals surface area contributed by atoms with Crippen molar-refractivity contribution in [1.82, 2.24) is 4.90 Å². The largest absolute Gasteiger partial charge is 0.468 e. The third kappa shape index (κ3) is 2.68. The molecule has 3 unspecified atom stereocenters. The summed E-state index contributed by atoms with van der Waals surface area (Å²) in [5.74, 6) is -0.00774. The molecule has 1 saturated carbocycles. The number of nitrogens with zero attached hydrogens (tertiary/aromatic N) is 1. The van der Waals surface area contributed by atoms with Gasteiger partial charge >= 0.3 is 5.97 Å². The van der Waals surface area contributed by atoms with Crippen LogP contribution >= 0.6 is 0 Å². The molecule has 1 aliphatic carbocycles. The van der Waals surface area contributed by atoms with E-state index in [1.54, 1.807) is 0 Å². The molecule has 0 spiro atoms. The van der Waals surface area contributed by atoms with E-state index in [0.29, 0.717) is 19.2 Å². The first-order valence-electron chi connectivity index (χ1n) is 6.70. The Morgan fingerprint density at radius 2 is 2.17 bits per heavy atom. The van der Waals surface area contributed by atoms with Crippen molar-refractivity contribution < 1.29 is 14.3 Å². The zero-order valence-electron chi connectivity index (χ0n) is 11.5. The Morgan fingerprint density at radius 3 is 2.72 bits per heavy atom. The van der Waals surface area contributed by atoms with E-state index >= 15 is 0 Å². The topological polar surface area (TPSA) is 64.8 Å². The van der Waals surface area contributed by atoms with E-state index in [2.05, 4.69) is 11.8 Å². The van der Waals surface area contributed by atoms with Gasteiger partial charge in [0.1, 0.15) is 5.54 Å². The molecule has 0 aromatic rings. The zero-order chi connectivity index (χ0) is 13.3. The normalized spacial score (nSPS) is 32.9. The van der Waals surface area contributed by atoms with E-state index in [0.717, 1.165) is 19.4 Å². The molecular weight excluding hydrogens is 232 g/mol. The Labute approximate surface area is 109 Å². The maximum atomic E-state index is 12.0. The summed E-state index contributed by atoms with van der Waals surface area (Å²) in [6.07, 6.45) is 2.25. The molecule has 2 fully saturated rings. The van der Waals surface area contributed by atoms with Crippen LogP contribution in [0, 0.1) is 5.92 Å². The lowest BCUT2D eigenvalue weighted by Crippen LogP contribution is -2.62. The van der Waals surface area contributed by atoms with Gasteiger partial charge < -0.3 is 15.2 Å². The summed E-state index contributed by atoms with van der Waals surface area (Å²) in [4.78, 5) is 14.2. The highest BCUT2D eigenvalue weighted by Crippen LogP contribution is 2.39. The Bertz CT molecular complexity index is 319. The monoisotopic (exact) mass is 256 g/mol. The standard InChI is InChI=1S/C13H24N2O3/c1-9-7-18-10(2)6-15(9)8-13(14,11-4-5-11)12(16)17-3/h9-11H,4-8,14H2,1-3H3. The molecule has 18 heavy (non-hydrogen) atoms. The summed E-state index contributed by atoms with van der Waals surface area (Å²) in [7, 11) is 1.41. The summed E-state index contributed by atoms with van der Waals surface area (Å²) in [6, 6.07) is 0.299. The van der Waals surface area contributed by atoms with Crippen LogP contribution in [0.5, 0.6) is 0 Å². The van der Waals surface area contributed by atoms with Gasteiger partial charge in [0.2, 0.25) is 0 Å². The maximum absolute atomic E-state index is 12.0. The Balaban J connectivity index is 2.06. The fourth-order valence-corrected chi connectivity index (χ4v) is 2.68. The van der Waals surface area contributed by atoms with E-state index in [-0.39, 0.29) is 18.0 Å². The summed E-state index contributed by atoms with van der Waals surface area (Å²) in [6.45, 7) is 6.24. The molecular formula is C13H24N2O3. The van der Waals surface area contributed by atoms with Crippen LogP contribution in [0.2, 0.25) is 0 Å². The maximum Gasteiger partial charge on any atom is 0.327 e. The molecule has 0 radical (unpaired) electrons. The Hall–Kier alpha value is -0.650. The number of carbonyl (C=O) groups excluding carboxylic acids is 1. The number of methoxy groups -OCH3 is 1.